The molecule has 0 unspecified atom stereocenters. The first-order valence-electron chi connectivity index (χ1n) is 15.2. The molecule has 2 aliphatic rings. The molecule has 2 heterocycles. The fourth-order valence-corrected chi connectivity index (χ4v) is 6.86. The molecular formula is C37H34FN5. The van der Waals surface area contributed by atoms with E-state index in [9.17, 15) is 0 Å². The maximum Gasteiger partial charge on any atom is 0.127 e. The second kappa shape index (κ2) is 11.9. The Hall–Kier alpha value is -4.71. The van der Waals surface area contributed by atoms with Crippen LogP contribution in [0.4, 0.5) is 4.39 Å². The Kier molecular flexibility index (Phi) is 7.50. The molecule has 0 atom stereocenters. The summed E-state index contributed by atoms with van der Waals surface area (Å²) in [5, 5.41) is 7.50. The van der Waals surface area contributed by atoms with E-state index in [0.717, 1.165) is 45.1 Å². The van der Waals surface area contributed by atoms with Crippen LogP contribution < -0.4 is 0 Å². The van der Waals surface area contributed by atoms with Crippen molar-refractivity contribution in [2.24, 2.45) is 4.99 Å². The summed E-state index contributed by atoms with van der Waals surface area (Å²) in [5.41, 5.74) is 7.22. The van der Waals surface area contributed by atoms with Gasteiger partial charge in [0.25, 0.3) is 0 Å². The van der Waals surface area contributed by atoms with Crippen LogP contribution in [-0.4, -0.2) is 25.9 Å². The minimum atomic E-state index is -0.960. The van der Waals surface area contributed by atoms with Crippen molar-refractivity contribution < 1.29 is 4.39 Å². The number of nitrogens with zero attached hydrogens (tertiary/aromatic N) is 4. The van der Waals surface area contributed by atoms with E-state index in [1.54, 1.807) is 12.1 Å². The second-order valence-electron chi connectivity index (χ2n) is 11.5. The average molecular weight is 568 g/mol. The van der Waals surface area contributed by atoms with Crippen molar-refractivity contribution in [3.8, 4) is 0 Å². The standard InChI is InChI=1S/C37H34FN5/c38-33-19-11-10-18-31(33)37(28-14-6-2-7-15-28,29-16-8-3-9-17-29)32-20-27-22-42-43-34(27)21-35(32)40-23-30-24-41-36(25-39-30)26-12-4-1-5-13-26/h2-3,6-11,14-20,22,24-26H,1,4-5,12-13,21,23H2,(H,42,43). The summed E-state index contributed by atoms with van der Waals surface area (Å²) in [5.74, 6) is 0.240. The first-order chi connectivity index (χ1) is 21.2. The Balaban J connectivity index is 1.39. The molecule has 0 amide bonds. The summed E-state index contributed by atoms with van der Waals surface area (Å²) in [6, 6.07) is 27.5. The third-order valence-electron chi connectivity index (χ3n) is 8.98. The number of hydrogen-bond donors (Lipinski definition) is 1. The zero-order valence-corrected chi connectivity index (χ0v) is 24.1. The van der Waals surface area contributed by atoms with Crippen LogP contribution in [0.5, 0.6) is 0 Å². The Morgan fingerprint density at radius 3 is 2.16 bits per heavy atom. The van der Waals surface area contributed by atoms with Gasteiger partial charge in [-0.2, -0.15) is 5.10 Å². The molecule has 7 rings (SSSR count). The van der Waals surface area contributed by atoms with Crippen molar-refractivity contribution in [3.05, 3.63) is 154 Å². The van der Waals surface area contributed by atoms with Crippen molar-refractivity contribution in [2.45, 2.75) is 56.4 Å². The molecule has 0 aliphatic heterocycles. The van der Waals surface area contributed by atoms with Crippen LogP contribution in [0.15, 0.2) is 114 Å². The van der Waals surface area contributed by atoms with Crippen molar-refractivity contribution in [1.82, 2.24) is 20.2 Å². The Labute approximate surface area is 251 Å². The smallest absolute Gasteiger partial charge is 0.127 e. The van der Waals surface area contributed by atoms with Crippen LogP contribution in [0.25, 0.3) is 6.08 Å². The molecule has 0 bridgehead atoms. The van der Waals surface area contributed by atoms with E-state index in [1.165, 1.54) is 32.1 Å². The number of fused-ring (bicyclic) bond motifs is 1. The lowest BCUT2D eigenvalue weighted by Crippen LogP contribution is -2.38. The lowest BCUT2D eigenvalue weighted by Gasteiger charge is -2.40. The fraction of sp³-hybridized carbons (Fsp3) is 0.243. The average Bonchev–Trinajstić information content (AvgIpc) is 3.54. The molecule has 0 saturated heterocycles. The summed E-state index contributed by atoms with van der Waals surface area (Å²) in [6.07, 6.45) is 14.5. The zero-order chi connectivity index (χ0) is 29.1. The number of rotatable bonds is 7. The predicted molar refractivity (Wildman–Crippen MR) is 168 cm³/mol. The Morgan fingerprint density at radius 2 is 1.49 bits per heavy atom. The van der Waals surface area contributed by atoms with Crippen LogP contribution in [0.2, 0.25) is 0 Å². The number of aromatic amines is 1. The number of aromatic nitrogens is 4. The second-order valence-corrected chi connectivity index (χ2v) is 11.5. The van der Waals surface area contributed by atoms with Gasteiger partial charge in [0.1, 0.15) is 5.82 Å². The van der Waals surface area contributed by atoms with Gasteiger partial charge in [-0.3, -0.25) is 20.1 Å². The minimum Gasteiger partial charge on any atom is -0.283 e. The van der Waals surface area contributed by atoms with E-state index in [0.29, 0.717) is 24.4 Å². The lowest BCUT2D eigenvalue weighted by atomic mass is 9.62. The molecule has 0 spiro atoms. The molecule has 2 aromatic heterocycles. The number of benzene rings is 3. The Bertz CT molecular complexity index is 1710. The van der Waals surface area contributed by atoms with Gasteiger partial charge in [0.2, 0.25) is 0 Å². The summed E-state index contributed by atoms with van der Waals surface area (Å²) in [4.78, 5) is 14.8. The predicted octanol–water partition coefficient (Wildman–Crippen LogP) is 8.00. The molecule has 43 heavy (non-hydrogen) atoms. The summed E-state index contributed by atoms with van der Waals surface area (Å²) in [7, 11) is 0. The monoisotopic (exact) mass is 567 g/mol. The molecule has 1 fully saturated rings. The van der Waals surface area contributed by atoms with Gasteiger partial charge in [-0.25, -0.2) is 4.39 Å². The van der Waals surface area contributed by atoms with Gasteiger partial charge in [0.05, 0.1) is 35.7 Å². The van der Waals surface area contributed by atoms with E-state index in [2.05, 4.69) is 40.5 Å². The van der Waals surface area contributed by atoms with Crippen LogP contribution in [0.3, 0.4) is 0 Å². The van der Waals surface area contributed by atoms with Gasteiger partial charge in [0.15, 0.2) is 0 Å². The first-order valence-corrected chi connectivity index (χ1v) is 15.2. The molecule has 5 nitrogen and oxygen atoms in total. The van der Waals surface area contributed by atoms with E-state index in [1.807, 2.05) is 67.1 Å². The number of allylic oxidation sites excluding steroid dienone is 1. The van der Waals surface area contributed by atoms with Gasteiger partial charge < -0.3 is 0 Å². The third-order valence-corrected chi connectivity index (χ3v) is 8.98. The van der Waals surface area contributed by atoms with E-state index in [-0.39, 0.29) is 5.82 Å². The largest absolute Gasteiger partial charge is 0.283 e. The summed E-state index contributed by atoms with van der Waals surface area (Å²) in [6.45, 7) is 0.380. The van der Waals surface area contributed by atoms with E-state index < -0.39 is 5.41 Å². The molecular weight excluding hydrogens is 533 g/mol. The third kappa shape index (κ3) is 5.11. The zero-order valence-electron chi connectivity index (χ0n) is 24.1. The van der Waals surface area contributed by atoms with Crippen LogP contribution >= 0.6 is 0 Å². The number of hydrogen-bond acceptors (Lipinski definition) is 4. The molecule has 3 aromatic carbocycles. The number of nitrogens with one attached hydrogen (secondary N) is 1. The van der Waals surface area contributed by atoms with E-state index in [4.69, 9.17) is 15.0 Å². The maximum absolute atomic E-state index is 16.1. The van der Waals surface area contributed by atoms with Crippen molar-refractivity contribution >= 4 is 11.8 Å². The molecule has 2 aliphatic carbocycles. The summed E-state index contributed by atoms with van der Waals surface area (Å²) >= 11 is 0. The topological polar surface area (TPSA) is 66.8 Å². The Morgan fingerprint density at radius 1 is 0.791 bits per heavy atom. The van der Waals surface area contributed by atoms with Crippen LogP contribution in [0, 0.1) is 5.82 Å². The number of aliphatic imine (C=N–C) groups is 1. The minimum absolute atomic E-state index is 0.266. The highest BCUT2D eigenvalue weighted by Crippen LogP contribution is 2.48. The molecule has 1 N–H and O–H groups in total. The van der Waals surface area contributed by atoms with Crippen molar-refractivity contribution in [2.75, 3.05) is 0 Å². The van der Waals surface area contributed by atoms with Gasteiger partial charge >= 0.3 is 0 Å². The van der Waals surface area contributed by atoms with Gasteiger partial charge in [-0.05, 0) is 41.7 Å². The lowest BCUT2D eigenvalue weighted by molar-refractivity contribution is 0.435. The van der Waals surface area contributed by atoms with Crippen molar-refractivity contribution in [1.29, 1.82) is 0 Å². The molecule has 1 saturated carbocycles. The highest BCUT2D eigenvalue weighted by atomic mass is 19.1. The molecule has 5 aromatic rings. The van der Waals surface area contributed by atoms with Gasteiger partial charge in [0, 0.05) is 41.1 Å². The normalized spacial score (nSPS) is 16.6. The SMILES string of the molecule is Fc1ccccc1C(C1=Cc2cn[nH]c2CC1=NCc1cnc(C2CCCCC2)cn1)(c1ccccc1)c1ccccc1. The quantitative estimate of drug-likeness (QED) is 0.203. The van der Waals surface area contributed by atoms with Crippen LogP contribution in [-0.2, 0) is 18.4 Å². The highest BCUT2D eigenvalue weighted by Gasteiger charge is 2.44. The first kappa shape index (κ1) is 27.1. The molecule has 6 heteroatoms. The van der Waals surface area contributed by atoms with E-state index >= 15 is 4.39 Å². The van der Waals surface area contributed by atoms with Crippen LogP contribution in [0.1, 0.15) is 77.4 Å². The highest BCUT2D eigenvalue weighted by molar-refractivity contribution is 6.10. The number of halogens is 1. The number of H-pyrrole nitrogens is 1. The van der Waals surface area contributed by atoms with Gasteiger partial charge in [-0.1, -0.05) is 98.1 Å². The maximum atomic E-state index is 16.1. The fourth-order valence-electron chi connectivity index (χ4n) is 6.86. The van der Waals surface area contributed by atoms with Gasteiger partial charge in [-0.15, -0.1) is 0 Å². The van der Waals surface area contributed by atoms with Crippen molar-refractivity contribution in [3.63, 3.8) is 0 Å². The molecule has 214 valence electrons. The molecule has 0 radical (unpaired) electrons. The summed E-state index contributed by atoms with van der Waals surface area (Å²) < 4.78 is 16.1.